The molecule has 0 aromatic heterocycles. The molecule has 1 aliphatic rings. The van der Waals surface area contributed by atoms with Gasteiger partial charge in [0.05, 0.1) is 12.3 Å². The Morgan fingerprint density at radius 3 is 2.61 bits per heavy atom. The predicted molar refractivity (Wildman–Crippen MR) is 93.6 cm³/mol. The molecular formula is C17H17N3O2S. The third-order valence-electron chi connectivity index (χ3n) is 3.52. The van der Waals surface area contributed by atoms with Gasteiger partial charge in [-0.05, 0) is 31.2 Å². The van der Waals surface area contributed by atoms with E-state index < -0.39 is 6.09 Å². The van der Waals surface area contributed by atoms with Gasteiger partial charge in [0.15, 0.2) is 0 Å². The molecule has 1 aliphatic heterocycles. The average Bonchev–Trinajstić information content (AvgIpc) is 2.58. The highest BCUT2D eigenvalue weighted by molar-refractivity contribution is 7.80. The fourth-order valence-corrected chi connectivity index (χ4v) is 2.78. The van der Waals surface area contributed by atoms with Crippen LogP contribution in [0.15, 0.2) is 54.6 Å². The van der Waals surface area contributed by atoms with Gasteiger partial charge in [-0.25, -0.2) is 10.2 Å². The summed E-state index contributed by atoms with van der Waals surface area (Å²) in [6, 6.07) is 17.9. The third-order valence-corrected chi connectivity index (χ3v) is 3.96. The first-order valence-corrected chi connectivity index (χ1v) is 7.78. The number of carbonyl (C=O) groups is 1. The van der Waals surface area contributed by atoms with Crippen molar-refractivity contribution >= 4 is 34.7 Å². The first-order valence-electron chi connectivity index (χ1n) is 7.37. The quantitative estimate of drug-likeness (QED) is 0.875. The SMILES string of the molecule is CCOC(=O)NN1CN(c2ccccc2)c2ccccc2C1=S. The largest absolute Gasteiger partial charge is 0.449 e. The van der Waals surface area contributed by atoms with E-state index >= 15 is 0 Å². The van der Waals surface area contributed by atoms with Gasteiger partial charge >= 0.3 is 6.09 Å². The number of hydrogen-bond donors (Lipinski definition) is 1. The van der Waals surface area contributed by atoms with Crippen molar-refractivity contribution in [2.24, 2.45) is 0 Å². The Balaban J connectivity index is 1.95. The smallest absolute Gasteiger partial charge is 0.426 e. The lowest BCUT2D eigenvalue weighted by Gasteiger charge is -2.39. The van der Waals surface area contributed by atoms with E-state index in [9.17, 15) is 4.79 Å². The van der Waals surface area contributed by atoms with Crippen molar-refractivity contribution < 1.29 is 9.53 Å². The summed E-state index contributed by atoms with van der Waals surface area (Å²) in [6.45, 7) is 2.49. The fourth-order valence-electron chi connectivity index (χ4n) is 2.51. The first kappa shape index (κ1) is 15.3. The molecule has 0 saturated carbocycles. The number of thiocarbonyl (C=S) groups is 1. The number of fused-ring (bicyclic) bond motifs is 1. The second-order valence-electron chi connectivity index (χ2n) is 4.99. The van der Waals surface area contributed by atoms with Crippen LogP contribution in [0.5, 0.6) is 0 Å². The molecule has 2 aromatic carbocycles. The van der Waals surface area contributed by atoms with E-state index in [4.69, 9.17) is 17.0 Å². The number of nitrogens with one attached hydrogen (secondary N) is 1. The highest BCUT2D eigenvalue weighted by Crippen LogP contribution is 2.33. The molecule has 0 bridgehead atoms. The van der Waals surface area contributed by atoms with Gasteiger partial charge < -0.3 is 9.64 Å². The van der Waals surface area contributed by atoms with Crippen LogP contribution in [0.2, 0.25) is 0 Å². The molecular weight excluding hydrogens is 310 g/mol. The summed E-state index contributed by atoms with van der Waals surface area (Å²) in [5.74, 6) is 0. The number of ether oxygens (including phenoxy) is 1. The summed E-state index contributed by atoms with van der Waals surface area (Å²) in [5.41, 5.74) is 5.64. The minimum absolute atomic E-state index is 0.311. The Labute approximate surface area is 140 Å². The Hall–Kier alpha value is -2.60. The topological polar surface area (TPSA) is 44.8 Å². The number of nitrogens with zero attached hydrogens (tertiary/aromatic N) is 2. The molecule has 5 nitrogen and oxygen atoms in total. The van der Waals surface area contributed by atoms with Crippen LogP contribution >= 0.6 is 12.2 Å². The molecule has 0 saturated heterocycles. The van der Waals surface area contributed by atoms with E-state index in [1.165, 1.54) is 0 Å². The molecule has 0 unspecified atom stereocenters. The van der Waals surface area contributed by atoms with Crippen LogP contribution in [0.4, 0.5) is 16.2 Å². The van der Waals surface area contributed by atoms with Gasteiger partial charge in [0.2, 0.25) is 0 Å². The second kappa shape index (κ2) is 6.66. The number of benzene rings is 2. The standard InChI is InChI=1S/C17H17N3O2S/c1-2-22-17(21)18-20-12-19(13-8-4-3-5-9-13)15-11-7-6-10-14(15)16(20)23/h3-11H,2,12H2,1H3,(H,18,21). The maximum Gasteiger partial charge on any atom is 0.426 e. The summed E-state index contributed by atoms with van der Waals surface area (Å²) < 4.78 is 4.95. The van der Waals surface area contributed by atoms with E-state index in [1.807, 2.05) is 54.6 Å². The van der Waals surface area contributed by atoms with Crippen LogP contribution in [0.25, 0.3) is 0 Å². The van der Waals surface area contributed by atoms with Crippen molar-refractivity contribution in [3.8, 4) is 0 Å². The lowest BCUT2D eigenvalue weighted by molar-refractivity contribution is 0.131. The number of amides is 1. The van der Waals surface area contributed by atoms with Crippen LogP contribution in [-0.4, -0.2) is 29.4 Å². The van der Waals surface area contributed by atoms with E-state index in [0.29, 0.717) is 18.3 Å². The molecule has 1 N–H and O–H groups in total. The van der Waals surface area contributed by atoms with Gasteiger partial charge in [-0.2, -0.15) is 0 Å². The molecule has 3 rings (SSSR count). The van der Waals surface area contributed by atoms with Gasteiger partial charge in [-0.15, -0.1) is 0 Å². The second-order valence-corrected chi connectivity index (χ2v) is 5.37. The molecule has 118 valence electrons. The van der Waals surface area contributed by atoms with Gasteiger partial charge in [-0.3, -0.25) is 5.01 Å². The van der Waals surface area contributed by atoms with E-state index in [1.54, 1.807) is 11.9 Å². The molecule has 1 amide bonds. The minimum atomic E-state index is -0.512. The van der Waals surface area contributed by atoms with E-state index in [2.05, 4.69) is 10.3 Å². The maximum absolute atomic E-state index is 11.8. The number of para-hydroxylation sites is 2. The Morgan fingerprint density at radius 1 is 1.17 bits per heavy atom. The molecule has 6 heteroatoms. The molecule has 23 heavy (non-hydrogen) atoms. The molecule has 0 aliphatic carbocycles. The third kappa shape index (κ3) is 3.12. The molecule has 0 spiro atoms. The highest BCUT2D eigenvalue weighted by Gasteiger charge is 2.28. The van der Waals surface area contributed by atoms with Gasteiger partial charge in [0.25, 0.3) is 0 Å². The summed E-state index contributed by atoms with van der Waals surface area (Å²) in [7, 11) is 0. The zero-order valence-corrected chi connectivity index (χ0v) is 13.5. The molecule has 2 aromatic rings. The summed E-state index contributed by atoms with van der Waals surface area (Å²) in [5, 5.41) is 1.63. The molecule has 0 radical (unpaired) electrons. The normalized spacial score (nSPS) is 13.5. The van der Waals surface area contributed by atoms with Gasteiger partial charge in [-0.1, -0.05) is 42.5 Å². The summed E-state index contributed by atoms with van der Waals surface area (Å²) in [4.78, 5) is 14.4. The molecule has 0 fully saturated rings. The Morgan fingerprint density at radius 2 is 1.87 bits per heavy atom. The highest BCUT2D eigenvalue weighted by atomic mass is 32.1. The number of hydrazine groups is 1. The van der Waals surface area contributed by atoms with E-state index in [-0.39, 0.29) is 0 Å². The van der Waals surface area contributed by atoms with Gasteiger partial charge in [0.1, 0.15) is 11.7 Å². The average molecular weight is 327 g/mol. The van der Waals surface area contributed by atoms with Crippen LogP contribution in [-0.2, 0) is 4.74 Å². The monoisotopic (exact) mass is 327 g/mol. The number of anilines is 2. The number of rotatable bonds is 3. The van der Waals surface area contributed by atoms with Crippen LogP contribution in [0, 0.1) is 0 Å². The first-order chi connectivity index (χ1) is 11.2. The van der Waals surface area contributed by atoms with Crippen LogP contribution in [0.3, 0.4) is 0 Å². The molecule has 1 heterocycles. The summed E-state index contributed by atoms with van der Waals surface area (Å²) >= 11 is 5.52. The maximum atomic E-state index is 11.8. The predicted octanol–water partition coefficient (Wildman–Crippen LogP) is 3.43. The van der Waals surface area contributed by atoms with Crippen LogP contribution in [0.1, 0.15) is 12.5 Å². The Kier molecular flexibility index (Phi) is 4.43. The summed E-state index contributed by atoms with van der Waals surface area (Å²) in [6.07, 6.45) is -0.512. The van der Waals surface area contributed by atoms with Gasteiger partial charge in [0, 0.05) is 11.3 Å². The number of hydrogen-bond acceptors (Lipinski definition) is 4. The van der Waals surface area contributed by atoms with Crippen LogP contribution < -0.4 is 10.3 Å². The van der Waals surface area contributed by atoms with Crippen molar-refractivity contribution in [2.75, 3.05) is 18.2 Å². The Bertz CT molecular complexity index is 721. The van der Waals surface area contributed by atoms with Crippen molar-refractivity contribution in [1.82, 2.24) is 10.4 Å². The minimum Gasteiger partial charge on any atom is -0.449 e. The van der Waals surface area contributed by atoms with E-state index in [0.717, 1.165) is 16.9 Å². The molecule has 0 atom stereocenters. The van der Waals surface area contributed by atoms with Crippen molar-refractivity contribution in [2.45, 2.75) is 6.92 Å². The van der Waals surface area contributed by atoms with Crippen molar-refractivity contribution in [3.63, 3.8) is 0 Å². The zero-order chi connectivity index (χ0) is 16.2. The van der Waals surface area contributed by atoms with Crippen molar-refractivity contribution in [1.29, 1.82) is 0 Å². The lowest BCUT2D eigenvalue weighted by atomic mass is 10.1. The lowest BCUT2D eigenvalue weighted by Crippen LogP contribution is -2.53. The zero-order valence-electron chi connectivity index (χ0n) is 12.7. The van der Waals surface area contributed by atoms with Crippen molar-refractivity contribution in [3.05, 3.63) is 60.2 Å². The fraction of sp³-hybridized carbons (Fsp3) is 0.176. The number of carbonyl (C=O) groups excluding carboxylic acids is 1.